The van der Waals surface area contributed by atoms with Crippen LogP contribution in [0.4, 0.5) is 0 Å². The minimum absolute atomic E-state index is 0.172. The van der Waals surface area contributed by atoms with Crippen LogP contribution < -0.4 is 5.32 Å². The molecule has 1 aliphatic rings. The Morgan fingerprint density at radius 2 is 2.26 bits per heavy atom. The van der Waals surface area contributed by atoms with Gasteiger partial charge in [-0.25, -0.2) is 4.98 Å². The maximum atomic E-state index is 4.38. The van der Waals surface area contributed by atoms with Gasteiger partial charge in [-0.15, -0.1) is 0 Å². The average Bonchev–Trinajstić information content (AvgIpc) is 3.02. The minimum Gasteiger partial charge on any atom is -0.316 e. The second-order valence-electron chi connectivity index (χ2n) is 5.52. The Kier molecular flexibility index (Phi) is 3.23. The van der Waals surface area contributed by atoms with Crippen LogP contribution in [0, 0.1) is 6.92 Å². The maximum absolute atomic E-state index is 4.38. The normalized spacial score (nSPS) is 22.9. The van der Waals surface area contributed by atoms with E-state index in [4.69, 9.17) is 0 Å². The molecule has 1 atom stereocenters. The predicted molar refractivity (Wildman–Crippen MR) is 80.8 cm³/mol. The van der Waals surface area contributed by atoms with Gasteiger partial charge in [-0.2, -0.15) is 0 Å². The third-order valence-corrected chi connectivity index (χ3v) is 4.98. The zero-order valence-electron chi connectivity index (χ0n) is 11.3. The standard InChI is InChI=1S/C15H18BrN3/c1-11-12(16)4-3-5-13(11)19-10-18-8-14(19)15(2)6-7-17-9-15/h3-5,8,10,17H,6-7,9H2,1-2H3. The second kappa shape index (κ2) is 4.76. The predicted octanol–water partition coefficient (Wildman–Crippen LogP) is 3.19. The first kappa shape index (κ1) is 12.9. The highest BCUT2D eigenvalue weighted by Gasteiger charge is 2.33. The molecule has 1 aromatic carbocycles. The van der Waals surface area contributed by atoms with E-state index < -0.39 is 0 Å². The maximum Gasteiger partial charge on any atom is 0.0994 e. The van der Waals surface area contributed by atoms with Gasteiger partial charge in [-0.05, 0) is 37.6 Å². The molecule has 3 rings (SSSR count). The van der Waals surface area contributed by atoms with Crippen LogP contribution in [0.2, 0.25) is 0 Å². The molecular weight excluding hydrogens is 302 g/mol. The summed E-state index contributed by atoms with van der Waals surface area (Å²) in [5, 5.41) is 3.46. The van der Waals surface area contributed by atoms with Gasteiger partial charge in [0.25, 0.3) is 0 Å². The molecule has 100 valence electrons. The van der Waals surface area contributed by atoms with Gasteiger partial charge in [0.15, 0.2) is 0 Å². The largest absolute Gasteiger partial charge is 0.316 e. The van der Waals surface area contributed by atoms with Gasteiger partial charge in [-0.1, -0.05) is 28.9 Å². The summed E-state index contributed by atoms with van der Waals surface area (Å²) in [6, 6.07) is 6.30. The van der Waals surface area contributed by atoms with Crippen molar-refractivity contribution in [3.05, 3.63) is 46.5 Å². The fourth-order valence-electron chi connectivity index (χ4n) is 2.83. The van der Waals surface area contributed by atoms with Gasteiger partial charge in [0, 0.05) is 28.3 Å². The first-order chi connectivity index (χ1) is 9.12. The third kappa shape index (κ3) is 2.13. The minimum atomic E-state index is 0.172. The first-order valence-electron chi connectivity index (χ1n) is 6.61. The molecule has 1 fully saturated rings. The Balaban J connectivity index is 2.12. The number of nitrogens with one attached hydrogen (secondary N) is 1. The van der Waals surface area contributed by atoms with E-state index in [-0.39, 0.29) is 5.41 Å². The topological polar surface area (TPSA) is 29.9 Å². The lowest BCUT2D eigenvalue weighted by Crippen LogP contribution is -2.27. The number of benzene rings is 1. The van der Waals surface area contributed by atoms with Crippen molar-refractivity contribution in [1.29, 1.82) is 0 Å². The molecule has 0 bridgehead atoms. The molecular formula is C15H18BrN3. The molecule has 0 spiro atoms. The smallest absolute Gasteiger partial charge is 0.0994 e. The van der Waals surface area contributed by atoms with E-state index >= 15 is 0 Å². The fourth-order valence-corrected chi connectivity index (χ4v) is 3.18. The van der Waals surface area contributed by atoms with Gasteiger partial charge >= 0.3 is 0 Å². The highest BCUT2D eigenvalue weighted by Crippen LogP contribution is 2.33. The summed E-state index contributed by atoms with van der Waals surface area (Å²) in [7, 11) is 0. The molecule has 1 N–H and O–H groups in total. The molecule has 0 saturated carbocycles. The van der Waals surface area contributed by atoms with Crippen LogP contribution in [0.25, 0.3) is 5.69 Å². The lowest BCUT2D eigenvalue weighted by molar-refractivity contribution is 0.498. The summed E-state index contributed by atoms with van der Waals surface area (Å²) < 4.78 is 3.37. The van der Waals surface area contributed by atoms with E-state index in [1.54, 1.807) is 0 Å². The quantitative estimate of drug-likeness (QED) is 0.921. The van der Waals surface area contributed by atoms with Crippen LogP contribution in [-0.4, -0.2) is 22.6 Å². The monoisotopic (exact) mass is 319 g/mol. The lowest BCUT2D eigenvalue weighted by Gasteiger charge is -2.25. The van der Waals surface area contributed by atoms with E-state index in [2.05, 4.69) is 62.8 Å². The Morgan fingerprint density at radius 3 is 3.00 bits per heavy atom. The van der Waals surface area contributed by atoms with Crippen molar-refractivity contribution in [2.24, 2.45) is 0 Å². The zero-order chi connectivity index (χ0) is 13.5. The number of halogens is 1. The van der Waals surface area contributed by atoms with Crippen LogP contribution in [0.3, 0.4) is 0 Å². The van der Waals surface area contributed by atoms with Crippen molar-refractivity contribution in [1.82, 2.24) is 14.9 Å². The summed E-state index contributed by atoms with van der Waals surface area (Å²) in [4.78, 5) is 4.38. The molecule has 3 nitrogen and oxygen atoms in total. The number of hydrogen-bond donors (Lipinski definition) is 1. The lowest BCUT2D eigenvalue weighted by atomic mass is 9.86. The van der Waals surface area contributed by atoms with Crippen molar-refractivity contribution in [3.8, 4) is 5.69 Å². The van der Waals surface area contributed by atoms with Crippen molar-refractivity contribution in [2.75, 3.05) is 13.1 Å². The summed E-state index contributed by atoms with van der Waals surface area (Å²) in [5.41, 5.74) is 3.91. The summed E-state index contributed by atoms with van der Waals surface area (Å²) in [6.07, 6.45) is 5.09. The van der Waals surface area contributed by atoms with Crippen molar-refractivity contribution < 1.29 is 0 Å². The van der Waals surface area contributed by atoms with Crippen LogP contribution in [0.5, 0.6) is 0 Å². The van der Waals surface area contributed by atoms with E-state index in [1.807, 2.05) is 12.5 Å². The number of hydrogen-bond acceptors (Lipinski definition) is 2. The molecule has 2 aromatic rings. The molecule has 1 unspecified atom stereocenters. The molecule has 2 heterocycles. The van der Waals surface area contributed by atoms with E-state index in [9.17, 15) is 0 Å². The number of aromatic nitrogens is 2. The molecule has 1 aromatic heterocycles. The highest BCUT2D eigenvalue weighted by molar-refractivity contribution is 9.10. The molecule has 1 saturated heterocycles. The SMILES string of the molecule is Cc1c(Br)cccc1-n1cncc1C1(C)CCNC1. The Morgan fingerprint density at radius 1 is 1.42 bits per heavy atom. The molecule has 0 amide bonds. The Hall–Kier alpha value is -1.13. The highest BCUT2D eigenvalue weighted by atomic mass is 79.9. The molecule has 0 radical (unpaired) electrons. The summed E-state index contributed by atoms with van der Waals surface area (Å²) in [5.74, 6) is 0. The van der Waals surface area contributed by atoms with Gasteiger partial charge in [-0.3, -0.25) is 0 Å². The molecule has 19 heavy (non-hydrogen) atoms. The molecule has 0 aliphatic carbocycles. The summed E-state index contributed by atoms with van der Waals surface area (Å²) >= 11 is 3.61. The van der Waals surface area contributed by atoms with Gasteiger partial charge in [0.1, 0.15) is 0 Å². The van der Waals surface area contributed by atoms with E-state index in [1.165, 1.54) is 16.9 Å². The van der Waals surface area contributed by atoms with Crippen molar-refractivity contribution >= 4 is 15.9 Å². The van der Waals surface area contributed by atoms with Crippen LogP contribution in [0.1, 0.15) is 24.6 Å². The summed E-state index contributed by atoms with van der Waals surface area (Å²) in [6.45, 7) is 6.55. The third-order valence-electron chi connectivity index (χ3n) is 4.12. The van der Waals surface area contributed by atoms with E-state index in [0.717, 1.165) is 24.0 Å². The number of nitrogens with zero attached hydrogens (tertiary/aromatic N) is 2. The molecule has 1 aliphatic heterocycles. The zero-order valence-corrected chi connectivity index (χ0v) is 12.9. The van der Waals surface area contributed by atoms with E-state index in [0.29, 0.717) is 0 Å². The van der Waals surface area contributed by atoms with Gasteiger partial charge < -0.3 is 9.88 Å². The van der Waals surface area contributed by atoms with Crippen LogP contribution in [-0.2, 0) is 5.41 Å². The van der Waals surface area contributed by atoms with Crippen LogP contribution >= 0.6 is 15.9 Å². The van der Waals surface area contributed by atoms with Crippen LogP contribution in [0.15, 0.2) is 35.2 Å². The average molecular weight is 320 g/mol. The fraction of sp³-hybridized carbons (Fsp3) is 0.400. The van der Waals surface area contributed by atoms with Gasteiger partial charge in [0.05, 0.1) is 12.0 Å². The number of imidazole rings is 1. The Labute approximate surface area is 122 Å². The van der Waals surface area contributed by atoms with Crippen molar-refractivity contribution in [3.63, 3.8) is 0 Å². The first-order valence-corrected chi connectivity index (χ1v) is 7.40. The second-order valence-corrected chi connectivity index (χ2v) is 6.37. The number of rotatable bonds is 2. The molecule has 4 heteroatoms. The van der Waals surface area contributed by atoms with Crippen molar-refractivity contribution in [2.45, 2.75) is 25.7 Å². The van der Waals surface area contributed by atoms with Gasteiger partial charge in [0.2, 0.25) is 0 Å². The Bertz CT molecular complexity index is 597.